The average Bonchev–Trinajstić information content (AvgIpc) is 2.59. The Labute approximate surface area is 161 Å². The van der Waals surface area contributed by atoms with Crippen molar-refractivity contribution in [3.63, 3.8) is 0 Å². The fraction of sp³-hybridized carbons (Fsp3) is 0.381. The average molecular weight is 390 g/mol. The highest BCUT2D eigenvalue weighted by Gasteiger charge is 2.14. The molecule has 0 heterocycles. The van der Waals surface area contributed by atoms with Gasteiger partial charge < -0.3 is 10.1 Å². The van der Waals surface area contributed by atoms with Crippen LogP contribution in [0.1, 0.15) is 49.4 Å². The number of nitrogens with one attached hydrogen (secondary N) is 1. The van der Waals surface area contributed by atoms with E-state index in [1.54, 1.807) is 24.3 Å². The van der Waals surface area contributed by atoms with Gasteiger partial charge in [0, 0.05) is 6.26 Å². The van der Waals surface area contributed by atoms with Crippen molar-refractivity contribution in [1.82, 2.24) is 5.32 Å². The van der Waals surface area contributed by atoms with Crippen LogP contribution in [-0.2, 0) is 14.6 Å². The van der Waals surface area contributed by atoms with Gasteiger partial charge in [-0.25, -0.2) is 8.42 Å². The second kappa shape index (κ2) is 8.57. The quantitative estimate of drug-likeness (QED) is 0.782. The van der Waals surface area contributed by atoms with Crippen LogP contribution in [0.25, 0.3) is 0 Å². The molecule has 1 amide bonds. The lowest BCUT2D eigenvalue weighted by molar-refractivity contribution is -0.123. The third-order valence-electron chi connectivity index (χ3n) is 4.34. The molecule has 0 radical (unpaired) electrons. The summed E-state index contributed by atoms with van der Waals surface area (Å²) in [5, 5.41) is 2.87. The largest absolute Gasteiger partial charge is 0.483 e. The molecule has 0 saturated heterocycles. The van der Waals surface area contributed by atoms with Crippen LogP contribution >= 0.6 is 0 Å². The van der Waals surface area contributed by atoms with Crippen molar-refractivity contribution < 1.29 is 17.9 Å². The summed E-state index contributed by atoms with van der Waals surface area (Å²) in [6.45, 7) is 7.92. The zero-order valence-corrected chi connectivity index (χ0v) is 17.3. The Morgan fingerprint density at radius 1 is 1.07 bits per heavy atom. The van der Waals surface area contributed by atoms with Gasteiger partial charge in [0.15, 0.2) is 16.4 Å². The molecule has 1 N–H and O–H groups in total. The van der Waals surface area contributed by atoms with Gasteiger partial charge in [-0.2, -0.15) is 0 Å². The molecule has 146 valence electrons. The first kappa shape index (κ1) is 21.0. The monoisotopic (exact) mass is 389 g/mol. The number of carbonyl (C=O) groups excluding carboxylic acids is 1. The fourth-order valence-corrected chi connectivity index (χ4v) is 3.39. The zero-order valence-electron chi connectivity index (χ0n) is 16.4. The first-order chi connectivity index (χ1) is 12.6. The van der Waals surface area contributed by atoms with Crippen LogP contribution < -0.4 is 10.1 Å². The highest BCUT2D eigenvalue weighted by molar-refractivity contribution is 7.90. The molecule has 2 rings (SSSR count). The molecule has 27 heavy (non-hydrogen) atoms. The standard InChI is InChI=1S/C21H27NO4S/c1-14(2)19-11-6-15(3)12-20(19)26-13-21(23)22-16(4)17-7-9-18(10-8-17)27(5,24)25/h6-12,14,16H,13H2,1-5H3,(H,22,23)/t16-/m0/s1. The van der Waals surface area contributed by atoms with Gasteiger partial charge in [0.2, 0.25) is 0 Å². The minimum absolute atomic E-state index is 0.0745. The number of sulfone groups is 1. The van der Waals surface area contributed by atoms with Gasteiger partial charge in [0.25, 0.3) is 5.91 Å². The number of amides is 1. The predicted octanol–water partition coefficient (Wildman–Crippen LogP) is 3.78. The fourth-order valence-electron chi connectivity index (χ4n) is 2.76. The Morgan fingerprint density at radius 2 is 1.70 bits per heavy atom. The molecule has 0 aromatic heterocycles. The van der Waals surface area contributed by atoms with Crippen LogP contribution in [0.15, 0.2) is 47.4 Å². The molecule has 0 unspecified atom stereocenters. The first-order valence-corrected chi connectivity index (χ1v) is 10.8. The van der Waals surface area contributed by atoms with E-state index < -0.39 is 9.84 Å². The third kappa shape index (κ3) is 5.82. The second-order valence-electron chi connectivity index (χ2n) is 7.12. The van der Waals surface area contributed by atoms with E-state index >= 15 is 0 Å². The molecule has 0 fully saturated rings. The Kier molecular flexibility index (Phi) is 6.65. The van der Waals surface area contributed by atoms with E-state index in [-0.39, 0.29) is 23.5 Å². The number of hydrogen-bond donors (Lipinski definition) is 1. The molecule has 2 aromatic rings. The van der Waals surface area contributed by atoms with Crippen LogP contribution in [0.4, 0.5) is 0 Å². The Hall–Kier alpha value is -2.34. The summed E-state index contributed by atoms with van der Waals surface area (Å²) in [4.78, 5) is 12.5. The molecule has 0 aliphatic carbocycles. The number of carbonyl (C=O) groups is 1. The highest BCUT2D eigenvalue weighted by atomic mass is 32.2. The minimum atomic E-state index is -3.23. The van der Waals surface area contributed by atoms with Crippen LogP contribution in [0.2, 0.25) is 0 Å². The predicted molar refractivity (Wildman–Crippen MR) is 107 cm³/mol. The second-order valence-corrected chi connectivity index (χ2v) is 9.13. The molecule has 1 atom stereocenters. The molecular weight excluding hydrogens is 362 g/mol. The number of rotatable bonds is 7. The lowest BCUT2D eigenvalue weighted by Crippen LogP contribution is -2.31. The summed E-state index contributed by atoms with van der Waals surface area (Å²) in [5.74, 6) is 0.798. The molecule has 0 saturated carbocycles. The van der Waals surface area contributed by atoms with Crippen molar-refractivity contribution in [3.8, 4) is 5.75 Å². The minimum Gasteiger partial charge on any atom is -0.483 e. The highest BCUT2D eigenvalue weighted by Crippen LogP contribution is 2.27. The summed E-state index contributed by atoms with van der Waals surface area (Å²) < 4.78 is 28.8. The van der Waals surface area contributed by atoms with E-state index in [2.05, 4.69) is 19.2 Å². The van der Waals surface area contributed by atoms with Crippen molar-refractivity contribution >= 4 is 15.7 Å². The molecular formula is C21H27NO4S. The van der Waals surface area contributed by atoms with Crippen molar-refractivity contribution in [2.24, 2.45) is 0 Å². The van der Waals surface area contributed by atoms with Gasteiger partial charge in [-0.15, -0.1) is 0 Å². The van der Waals surface area contributed by atoms with Gasteiger partial charge in [-0.05, 0) is 54.7 Å². The molecule has 0 spiro atoms. The van der Waals surface area contributed by atoms with Gasteiger partial charge >= 0.3 is 0 Å². The molecule has 6 heteroatoms. The molecule has 0 bridgehead atoms. The Bertz CT molecular complexity index is 902. The van der Waals surface area contributed by atoms with E-state index in [1.807, 2.05) is 32.0 Å². The van der Waals surface area contributed by atoms with Crippen LogP contribution in [0, 0.1) is 6.92 Å². The van der Waals surface area contributed by atoms with Crippen molar-refractivity contribution in [2.45, 2.75) is 44.6 Å². The van der Waals surface area contributed by atoms with E-state index in [0.717, 1.165) is 22.4 Å². The third-order valence-corrected chi connectivity index (χ3v) is 5.46. The summed E-state index contributed by atoms with van der Waals surface area (Å²) in [6, 6.07) is 12.3. The maximum atomic E-state index is 12.3. The van der Waals surface area contributed by atoms with E-state index in [0.29, 0.717) is 5.92 Å². The van der Waals surface area contributed by atoms with Gasteiger partial charge in [-0.1, -0.05) is 38.1 Å². The lowest BCUT2D eigenvalue weighted by atomic mass is 10.0. The first-order valence-electron chi connectivity index (χ1n) is 8.90. The summed E-state index contributed by atoms with van der Waals surface area (Å²) in [5.41, 5.74) is 2.97. The number of ether oxygens (including phenoxy) is 1. The summed E-state index contributed by atoms with van der Waals surface area (Å²) in [6.07, 6.45) is 1.17. The number of benzene rings is 2. The maximum absolute atomic E-state index is 12.3. The van der Waals surface area contributed by atoms with Crippen LogP contribution in [0.3, 0.4) is 0 Å². The molecule has 5 nitrogen and oxygen atoms in total. The van der Waals surface area contributed by atoms with Crippen LogP contribution in [0.5, 0.6) is 5.75 Å². The summed E-state index contributed by atoms with van der Waals surface area (Å²) in [7, 11) is -3.23. The molecule has 0 aliphatic heterocycles. The van der Waals surface area contributed by atoms with Gasteiger partial charge in [0.1, 0.15) is 5.75 Å². The zero-order chi connectivity index (χ0) is 20.2. The lowest BCUT2D eigenvalue weighted by Gasteiger charge is -2.17. The smallest absolute Gasteiger partial charge is 0.258 e. The van der Waals surface area contributed by atoms with E-state index in [4.69, 9.17) is 4.74 Å². The van der Waals surface area contributed by atoms with Crippen LogP contribution in [-0.4, -0.2) is 27.2 Å². The number of aryl methyl sites for hydroxylation is 1. The molecule has 0 aliphatic rings. The molecule has 2 aromatic carbocycles. The van der Waals surface area contributed by atoms with E-state index in [1.165, 1.54) is 6.26 Å². The Morgan fingerprint density at radius 3 is 2.26 bits per heavy atom. The SMILES string of the molecule is Cc1ccc(C(C)C)c(OCC(=O)N[C@@H](C)c2ccc(S(C)(=O)=O)cc2)c1. The van der Waals surface area contributed by atoms with Crippen molar-refractivity contribution in [2.75, 3.05) is 12.9 Å². The van der Waals surface area contributed by atoms with Crippen molar-refractivity contribution in [1.29, 1.82) is 0 Å². The van der Waals surface area contributed by atoms with Crippen molar-refractivity contribution in [3.05, 3.63) is 59.2 Å². The topological polar surface area (TPSA) is 72.5 Å². The maximum Gasteiger partial charge on any atom is 0.258 e. The number of hydrogen-bond acceptors (Lipinski definition) is 4. The van der Waals surface area contributed by atoms with Gasteiger partial charge in [-0.3, -0.25) is 4.79 Å². The Balaban J connectivity index is 1.99. The summed E-state index contributed by atoms with van der Waals surface area (Å²) >= 11 is 0. The normalized spacial score (nSPS) is 12.7. The van der Waals surface area contributed by atoms with E-state index in [9.17, 15) is 13.2 Å². The van der Waals surface area contributed by atoms with Gasteiger partial charge in [0.05, 0.1) is 10.9 Å².